The number of ketones is 1. The SMILES string of the molecule is Cc1ccc(-n2c3c(cc(C(=O)Nc4ccccc4)c2=O)C(=O)CCC3)cc1. The first-order chi connectivity index (χ1) is 13.5. The Morgan fingerprint density at radius 2 is 1.68 bits per heavy atom. The lowest BCUT2D eigenvalue weighted by molar-refractivity contribution is 0.0971. The average Bonchev–Trinajstić information content (AvgIpc) is 2.69. The predicted molar refractivity (Wildman–Crippen MR) is 108 cm³/mol. The van der Waals surface area contributed by atoms with Crippen LogP contribution in [0.25, 0.3) is 5.69 Å². The normalized spacial score (nSPS) is 13.1. The van der Waals surface area contributed by atoms with E-state index >= 15 is 0 Å². The van der Waals surface area contributed by atoms with Crippen molar-refractivity contribution in [2.45, 2.75) is 26.2 Å². The monoisotopic (exact) mass is 372 g/mol. The van der Waals surface area contributed by atoms with Gasteiger partial charge in [-0.3, -0.25) is 19.0 Å². The molecule has 0 radical (unpaired) electrons. The number of amides is 1. The van der Waals surface area contributed by atoms with Gasteiger partial charge in [0.15, 0.2) is 5.78 Å². The molecule has 0 saturated heterocycles. The zero-order chi connectivity index (χ0) is 19.7. The van der Waals surface area contributed by atoms with E-state index in [1.54, 1.807) is 24.3 Å². The van der Waals surface area contributed by atoms with Gasteiger partial charge in [0, 0.05) is 29.1 Å². The zero-order valence-corrected chi connectivity index (χ0v) is 15.6. The first kappa shape index (κ1) is 17.9. The van der Waals surface area contributed by atoms with Gasteiger partial charge < -0.3 is 5.32 Å². The fourth-order valence-corrected chi connectivity index (χ4v) is 3.54. The highest BCUT2D eigenvalue weighted by Crippen LogP contribution is 2.24. The number of para-hydroxylation sites is 1. The molecule has 0 fully saturated rings. The Morgan fingerprint density at radius 1 is 0.964 bits per heavy atom. The van der Waals surface area contributed by atoms with Gasteiger partial charge in [-0.2, -0.15) is 0 Å². The predicted octanol–water partition coefficient (Wildman–Crippen LogP) is 3.92. The summed E-state index contributed by atoms with van der Waals surface area (Å²) >= 11 is 0. The summed E-state index contributed by atoms with van der Waals surface area (Å²) < 4.78 is 1.52. The number of benzene rings is 2. The third-order valence-corrected chi connectivity index (χ3v) is 4.99. The Hall–Kier alpha value is -3.47. The molecule has 3 aromatic rings. The molecule has 2 aromatic carbocycles. The largest absolute Gasteiger partial charge is 0.322 e. The molecule has 0 spiro atoms. The van der Waals surface area contributed by atoms with E-state index in [1.165, 1.54) is 10.6 Å². The standard InChI is InChI=1S/C23H20N2O3/c1-15-10-12-17(13-11-15)25-20-8-5-9-21(26)18(20)14-19(23(25)28)22(27)24-16-6-3-2-4-7-16/h2-4,6-7,10-14H,5,8-9H2,1H3,(H,24,27). The number of rotatable bonds is 3. The number of hydrogen-bond acceptors (Lipinski definition) is 3. The summed E-state index contributed by atoms with van der Waals surface area (Å²) in [4.78, 5) is 38.6. The summed E-state index contributed by atoms with van der Waals surface area (Å²) in [5.74, 6) is -0.547. The molecule has 28 heavy (non-hydrogen) atoms. The van der Waals surface area contributed by atoms with Crippen LogP contribution in [-0.4, -0.2) is 16.3 Å². The van der Waals surface area contributed by atoms with Crippen LogP contribution in [0.5, 0.6) is 0 Å². The third-order valence-electron chi connectivity index (χ3n) is 4.99. The molecule has 1 aliphatic carbocycles. The van der Waals surface area contributed by atoms with Crippen molar-refractivity contribution < 1.29 is 9.59 Å². The van der Waals surface area contributed by atoms with Crippen molar-refractivity contribution in [1.29, 1.82) is 0 Å². The van der Waals surface area contributed by atoms with E-state index in [2.05, 4.69) is 5.32 Å². The Morgan fingerprint density at radius 3 is 2.39 bits per heavy atom. The van der Waals surface area contributed by atoms with Crippen LogP contribution in [0.1, 0.15) is 44.8 Å². The second-order valence-electron chi connectivity index (χ2n) is 6.99. The van der Waals surface area contributed by atoms with Gasteiger partial charge in [-0.05, 0) is 50.1 Å². The molecule has 0 saturated carbocycles. The summed E-state index contributed by atoms with van der Waals surface area (Å²) in [5.41, 5.74) is 3.03. The molecule has 5 nitrogen and oxygen atoms in total. The molecule has 1 aromatic heterocycles. The maximum atomic E-state index is 13.3. The minimum absolute atomic E-state index is 0.0292. The van der Waals surface area contributed by atoms with E-state index in [0.717, 1.165) is 5.56 Å². The number of fused-ring (bicyclic) bond motifs is 1. The quantitative estimate of drug-likeness (QED) is 0.758. The van der Waals surface area contributed by atoms with Crippen LogP contribution in [0.2, 0.25) is 0 Å². The van der Waals surface area contributed by atoms with Crippen molar-refractivity contribution in [3.8, 4) is 5.69 Å². The van der Waals surface area contributed by atoms with Crippen LogP contribution in [0, 0.1) is 6.92 Å². The molecule has 1 N–H and O–H groups in total. The van der Waals surface area contributed by atoms with Crippen LogP contribution >= 0.6 is 0 Å². The lowest BCUT2D eigenvalue weighted by Gasteiger charge is -2.21. The van der Waals surface area contributed by atoms with Gasteiger partial charge in [-0.25, -0.2) is 0 Å². The van der Waals surface area contributed by atoms with Gasteiger partial charge in [-0.1, -0.05) is 35.9 Å². The lowest BCUT2D eigenvalue weighted by Crippen LogP contribution is -2.33. The number of pyridine rings is 1. The summed E-state index contributed by atoms with van der Waals surface area (Å²) in [5, 5.41) is 2.74. The summed E-state index contributed by atoms with van der Waals surface area (Å²) in [6, 6.07) is 17.9. The molecule has 0 bridgehead atoms. The van der Waals surface area contributed by atoms with E-state index in [4.69, 9.17) is 0 Å². The molecule has 0 atom stereocenters. The van der Waals surface area contributed by atoms with Gasteiger partial charge in [0.2, 0.25) is 0 Å². The van der Waals surface area contributed by atoms with E-state index in [1.807, 2.05) is 37.3 Å². The van der Waals surface area contributed by atoms with Crippen LogP contribution in [0.4, 0.5) is 5.69 Å². The fraction of sp³-hybridized carbons (Fsp3) is 0.174. The molecular weight excluding hydrogens is 352 g/mol. The Labute approximate surface area is 162 Å². The van der Waals surface area contributed by atoms with Crippen molar-refractivity contribution >= 4 is 17.4 Å². The van der Waals surface area contributed by atoms with Gasteiger partial charge in [0.1, 0.15) is 5.56 Å². The van der Waals surface area contributed by atoms with Crippen molar-refractivity contribution in [1.82, 2.24) is 4.57 Å². The van der Waals surface area contributed by atoms with Crippen molar-refractivity contribution in [2.24, 2.45) is 0 Å². The number of carbonyl (C=O) groups excluding carboxylic acids is 2. The fourth-order valence-electron chi connectivity index (χ4n) is 3.54. The lowest BCUT2D eigenvalue weighted by atomic mass is 9.92. The molecule has 0 aliphatic heterocycles. The highest BCUT2D eigenvalue weighted by atomic mass is 16.2. The number of carbonyl (C=O) groups is 2. The maximum Gasteiger partial charge on any atom is 0.268 e. The third kappa shape index (κ3) is 3.27. The highest BCUT2D eigenvalue weighted by molar-refractivity contribution is 6.06. The van der Waals surface area contributed by atoms with Gasteiger partial charge in [0.05, 0.1) is 0 Å². The van der Waals surface area contributed by atoms with Crippen LogP contribution in [0.15, 0.2) is 65.5 Å². The Bertz CT molecular complexity index is 1110. The number of aryl methyl sites for hydroxylation is 1. The molecule has 0 unspecified atom stereocenters. The van der Waals surface area contributed by atoms with E-state index in [9.17, 15) is 14.4 Å². The first-order valence-electron chi connectivity index (χ1n) is 9.30. The second kappa shape index (κ2) is 7.27. The number of anilines is 1. The highest BCUT2D eigenvalue weighted by Gasteiger charge is 2.26. The summed E-state index contributed by atoms with van der Waals surface area (Å²) in [7, 11) is 0. The van der Waals surface area contributed by atoms with Gasteiger partial charge in [0.25, 0.3) is 11.5 Å². The van der Waals surface area contributed by atoms with Gasteiger partial charge in [-0.15, -0.1) is 0 Å². The number of hydrogen-bond donors (Lipinski definition) is 1. The van der Waals surface area contributed by atoms with E-state index in [0.29, 0.717) is 41.9 Å². The average molecular weight is 372 g/mol. The maximum absolute atomic E-state index is 13.3. The van der Waals surface area contributed by atoms with Crippen LogP contribution in [0.3, 0.4) is 0 Å². The minimum atomic E-state index is -0.516. The Balaban J connectivity index is 1.88. The van der Waals surface area contributed by atoms with E-state index < -0.39 is 11.5 Å². The smallest absolute Gasteiger partial charge is 0.268 e. The molecule has 4 rings (SSSR count). The summed E-state index contributed by atoms with van der Waals surface area (Å²) in [6.45, 7) is 1.97. The van der Waals surface area contributed by atoms with E-state index in [-0.39, 0.29) is 11.3 Å². The Kier molecular flexibility index (Phi) is 4.65. The van der Waals surface area contributed by atoms with Crippen molar-refractivity contribution in [2.75, 3.05) is 5.32 Å². The number of nitrogens with zero attached hydrogens (tertiary/aromatic N) is 1. The minimum Gasteiger partial charge on any atom is -0.322 e. The molecule has 1 amide bonds. The topological polar surface area (TPSA) is 68.2 Å². The molecule has 5 heteroatoms. The van der Waals surface area contributed by atoms with Gasteiger partial charge >= 0.3 is 0 Å². The van der Waals surface area contributed by atoms with Crippen molar-refractivity contribution in [3.63, 3.8) is 0 Å². The number of Topliss-reactive ketones (excluding diaryl/α,β-unsaturated/α-hetero) is 1. The summed E-state index contributed by atoms with van der Waals surface area (Å²) in [6.07, 6.45) is 1.76. The van der Waals surface area contributed by atoms with Crippen molar-refractivity contribution in [3.05, 3.63) is 93.4 Å². The molecule has 140 valence electrons. The van der Waals surface area contributed by atoms with Crippen LogP contribution < -0.4 is 10.9 Å². The second-order valence-corrected chi connectivity index (χ2v) is 6.99. The first-order valence-corrected chi connectivity index (χ1v) is 9.30. The molecule has 1 heterocycles. The molecule has 1 aliphatic rings. The zero-order valence-electron chi connectivity index (χ0n) is 15.6. The van der Waals surface area contributed by atoms with Crippen LogP contribution in [-0.2, 0) is 6.42 Å². The number of nitrogens with one attached hydrogen (secondary N) is 1. The number of aromatic nitrogens is 1. The molecular formula is C23H20N2O3.